The maximum Gasteiger partial charge on any atom is 0.208 e. The molecule has 32 heavy (non-hydrogen) atoms. The van der Waals surface area contributed by atoms with Crippen LogP contribution in [0, 0.1) is 6.92 Å². The van der Waals surface area contributed by atoms with E-state index in [2.05, 4.69) is 14.7 Å². The van der Waals surface area contributed by atoms with Crippen LogP contribution in [-0.2, 0) is 21.4 Å². The molecule has 0 aliphatic carbocycles. The summed E-state index contributed by atoms with van der Waals surface area (Å²) in [5, 5.41) is 1.24. The summed E-state index contributed by atoms with van der Waals surface area (Å²) < 4.78 is 36.4. The van der Waals surface area contributed by atoms with Crippen molar-refractivity contribution in [2.24, 2.45) is 0 Å². The first-order valence-corrected chi connectivity index (χ1v) is 12.7. The summed E-state index contributed by atoms with van der Waals surface area (Å²) in [6.45, 7) is 2.75. The van der Waals surface area contributed by atoms with Crippen molar-refractivity contribution < 1.29 is 17.9 Å². The number of hydrogen-bond donors (Lipinski definition) is 1. The molecule has 0 unspecified atom stereocenters. The normalized spacial score (nSPS) is 12.0. The Morgan fingerprint density at radius 2 is 1.97 bits per heavy atom. The van der Waals surface area contributed by atoms with Gasteiger partial charge in [0.05, 0.1) is 45.5 Å². The molecule has 4 rings (SSSR count). The molecular formula is C21H21ClN4O4S2. The number of benzene rings is 2. The van der Waals surface area contributed by atoms with Crippen molar-refractivity contribution in [3.05, 3.63) is 46.7 Å². The van der Waals surface area contributed by atoms with Gasteiger partial charge in [0, 0.05) is 25.3 Å². The standard InChI is InChI=1S/C21H21ClN4O4S2/c1-12-6-15(19-17(7-12)25-13(10-23-19)11-29-2)21-26-20-16(22)8-14(9-18(20)31-21)30-5-4-24-32(3,27)28/h6-10,24H,4-5,11H2,1-3H3. The monoisotopic (exact) mass is 492 g/mol. The van der Waals surface area contributed by atoms with Crippen molar-refractivity contribution in [3.63, 3.8) is 0 Å². The molecule has 2 heterocycles. The summed E-state index contributed by atoms with van der Waals surface area (Å²) in [6, 6.07) is 7.55. The van der Waals surface area contributed by atoms with Gasteiger partial charge in [0.15, 0.2) is 0 Å². The first-order chi connectivity index (χ1) is 15.2. The van der Waals surface area contributed by atoms with Crippen LogP contribution in [0.15, 0.2) is 30.5 Å². The number of aryl methyl sites for hydroxylation is 1. The van der Waals surface area contributed by atoms with Gasteiger partial charge in [-0.2, -0.15) is 0 Å². The van der Waals surface area contributed by atoms with E-state index in [-0.39, 0.29) is 13.2 Å². The zero-order valence-corrected chi connectivity index (χ0v) is 20.1. The molecule has 11 heteroatoms. The van der Waals surface area contributed by atoms with E-state index in [1.807, 2.05) is 25.1 Å². The van der Waals surface area contributed by atoms with E-state index in [4.69, 9.17) is 26.1 Å². The third kappa shape index (κ3) is 5.16. The number of nitrogens with zero attached hydrogens (tertiary/aromatic N) is 3. The summed E-state index contributed by atoms with van der Waals surface area (Å²) in [5.74, 6) is 0.547. The number of halogens is 1. The first-order valence-electron chi connectivity index (χ1n) is 9.66. The van der Waals surface area contributed by atoms with Crippen LogP contribution in [-0.4, -0.2) is 49.9 Å². The molecule has 4 aromatic rings. The number of methoxy groups -OCH3 is 1. The molecule has 168 valence electrons. The van der Waals surface area contributed by atoms with E-state index < -0.39 is 10.0 Å². The molecule has 0 saturated carbocycles. The number of rotatable bonds is 8. The minimum absolute atomic E-state index is 0.168. The quantitative estimate of drug-likeness (QED) is 0.371. The van der Waals surface area contributed by atoms with Crippen LogP contribution in [0.4, 0.5) is 0 Å². The predicted molar refractivity (Wildman–Crippen MR) is 127 cm³/mol. The highest BCUT2D eigenvalue weighted by Gasteiger charge is 2.16. The van der Waals surface area contributed by atoms with Gasteiger partial charge in [-0.1, -0.05) is 11.6 Å². The Balaban J connectivity index is 1.68. The highest BCUT2D eigenvalue weighted by atomic mass is 35.5. The Kier molecular flexibility index (Phi) is 6.59. The van der Waals surface area contributed by atoms with Gasteiger partial charge in [-0.25, -0.2) is 23.1 Å². The molecule has 1 N–H and O–H groups in total. The fraction of sp³-hybridized carbons (Fsp3) is 0.286. The Labute approximate surface area is 194 Å². The third-order valence-corrected chi connectivity index (χ3v) is 6.57. The smallest absolute Gasteiger partial charge is 0.208 e. The molecule has 8 nitrogen and oxygen atoms in total. The van der Waals surface area contributed by atoms with Gasteiger partial charge in [0.25, 0.3) is 0 Å². The van der Waals surface area contributed by atoms with Crippen molar-refractivity contribution in [1.82, 2.24) is 19.7 Å². The van der Waals surface area contributed by atoms with E-state index in [0.29, 0.717) is 22.9 Å². The van der Waals surface area contributed by atoms with Gasteiger partial charge >= 0.3 is 0 Å². The Morgan fingerprint density at radius 1 is 1.16 bits per heavy atom. The number of thiazole rings is 1. The van der Waals surface area contributed by atoms with Gasteiger partial charge in [-0.3, -0.25) is 4.98 Å². The molecule has 0 fully saturated rings. The molecule has 2 aromatic carbocycles. The number of sulfonamides is 1. The summed E-state index contributed by atoms with van der Waals surface area (Å²) in [7, 11) is -1.63. The van der Waals surface area contributed by atoms with Crippen LogP contribution in [0.5, 0.6) is 5.75 Å². The summed E-state index contributed by atoms with van der Waals surface area (Å²) in [6.07, 6.45) is 2.81. The minimum Gasteiger partial charge on any atom is -0.492 e. The number of fused-ring (bicyclic) bond motifs is 2. The van der Waals surface area contributed by atoms with Crippen LogP contribution in [0.2, 0.25) is 5.02 Å². The lowest BCUT2D eigenvalue weighted by Crippen LogP contribution is -2.26. The Morgan fingerprint density at radius 3 is 2.72 bits per heavy atom. The van der Waals surface area contributed by atoms with Crippen LogP contribution < -0.4 is 9.46 Å². The topological polar surface area (TPSA) is 103 Å². The average Bonchev–Trinajstić information content (AvgIpc) is 3.14. The number of ether oxygens (including phenoxy) is 2. The van der Waals surface area contributed by atoms with Gasteiger partial charge in [0.2, 0.25) is 10.0 Å². The second kappa shape index (κ2) is 9.24. The van der Waals surface area contributed by atoms with E-state index in [0.717, 1.165) is 43.8 Å². The van der Waals surface area contributed by atoms with Crippen molar-refractivity contribution in [2.75, 3.05) is 26.5 Å². The molecule has 0 spiro atoms. The molecule has 0 bridgehead atoms. The Hall–Kier alpha value is -2.37. The maximum absolute atomic E-state index is 11.2. The van der Waals surface area contributed by atoms with Gasteiger partial charge in [-0.05, 0) is 30.7 Å². The van der Waals surface area contributed by atoms with Crippen molar-refractivity contribution in [2.45, 2.75) is 13.5 Å². The van der Waals surface area contributed by atoms with Gasteiger partial charge < -0.3 is 9.47 Å². The summed E-state index contributed by atoms with van der Waals surface area (Å²) in [4.78, 5) is 14.0. The van der Waals surface area contributed by atoms with E-state index in [1.54, 1.807) is 19.4 Å². The lowest BCUT2D eigenvalue weighted by atomic mass is 10.1. The number of hydrogen-bond acceptors (Lipinski definition) is 8. The SMILES string of the molecule is COCc1cnc2c(-c3nc4c(Cl)cc(OCCNS(C)(=O)=O)cc4s3)cc(C)cc2n1. The van der Waals surface area contributed by atoms with E-state index >= 15 is 0 Å². The molecule has 0 amide bonds. The third-order valence-electron chi connectivity index (χ3n) is 4.52. The molecule has 0 aliphatic heterocycles. The van der Waals surface area contributed by atoms with Crippen molar-refractivity contribution in [3.8, 4) is 16.3 Å². The number of nitrogens with one attached hydrogen (secondary N) is 1. The van der Waals surface area contributed by atoms with Crippen molar-refractivity contribution in [1.29, 1.82) is 0 Å². The summed E-state index contributed by atoms with van der Waals surface area (Å²) in [5.41, 5.74) is 4.90. The fourth-order valence-corrected chi connectivity index (χ4v) is 5.04. The van der Waals surface area contributed by atoms with Gasteiger partial charge in [-0.15, -0.1) is 11.3 Å². The largest absolute Gasteiger partial charge is 0.492 e. The highest BCUT2D eigenvalue weighted by molar-refractivity contribution is 7.88. The zero-order chi connectivity index (χ0) is 22.9. The molecule has 0 radical (unpaired) electrons. The average molecular weight is 493 g/mol. The van der Waals surface area contributed by atoms with Crippen LogP contribution in [0.1, 0.15) is 11.3 Å². The first kappa shape index (κ1) is 22.8. The van der Waals surface area contributed by atoms with Crippen LogP contribution >= 0.6 is 22.9 Å². The van der Waals surface area contributed by atoms with E-state index in [1.165, 1.54) is 11.3 Å². The molecular weight excluding hydrogens is 472 g/mol. The molecule has 0 aliphatic rings. The lowest BCUT2D eigenvalue weighted by molar-refractivity contribution is 0.181. The second-order valence-electron chi connectivity index (χ2n) is 7.26. The molecule has 2 aromatic heterocycles. The van der Waals surface area contributed by atoms with Crippen molar-refractivity contribution >= 4 is 54.2 Å². The Bertz CT molecular complexity index is 1410. The van der Waals surface area contributed by atoms with Crippen LogP contribution in [0.25, 0.3) is 31.8 Å². The van der Waals surface area contributed by atoms with E-state index in [9.17, 15) is 8.42 Å². The predicted octanol–water partition coefficient (Wildman–Crippen LogP) is 3.94. The van der Waals surface area contributed by atoms with Crippen LogP contribution in [0.3, 0.4) is 0 Å². The minimum atomic E-state index is -3.26. The highest BCUT2D eigenvalue weighted by Crippen LogP contribution is 2.38. The zero-order valence-electron chi connectivity index (χ0n) is 17.7. The maximum atomic E-state index is 11.2. The number of aromatic nitrogens is 3. The molecule has 0 atom stereocenters. The second-order valence-corrected chi connectivity index (χ2v) is 10.5. The fourth-order valence-electron chi connectivity index (χ4n) is 3.24. The summed E-state index contributed by atoms with van der Waals surface area (Å²) >= 11 is 7.94. The molecule has 0 saturated heterocycles. The lowest BCUT2D eigenvalue weighted by Gasteiger charge is -2.07. The van der Waals surface area contributed by atoms with Gasteiger partial charge in [0.1, 0.15) is 22.9 Å².